The summed E-state index contributed by atoms with van der Waals surface area (Å²) in [4.78, 5) is 35.1. The second-order valence-corrected chi connectivity index (χ2v) is 11.0. The highest BCUT2D eigenvalue weighted by molar-refractivity contribution is 7.13. The van der Waals surface area contributed by atoms with Crippen molar-refractivity contribution >= 4 is 45.0 Å². The number of imidazole rings is 1. The Labute approximate surface area is 235 Å². The average molecular weight is 555 g/mol. The first kappa shape index (κ1) is 25.8. The summed E-state index contributed by atoms with van der Waals surface area (Å²) >= 11 is 1.38. The fraction of sp³-hybridized carbons (Fsp3) is 0.267. The molecule has 40 heavy (non-hydrogen) atoms. The van der Waals surface area contributed by atoms with Gasteiger partial charge in [-0.25, -0.2) is 9.97 Å². The molecule has 1 atom stereocenters. The Hall–Kier alpha value is -4.44. The van der Waals surface area contributed by atoms with Crippen molar-refractivity contribution in [3.05, 3.63) is 72.0 Å². The Morgan fingerprint density at radius 2 is 1.85 bits per heavy atom. The largest absolute Gasteiger partial charge is 0.472 e. The zero-order valence-electron chi connectivity index (χ0n) is 22.1. The van der Waals surface area contributed by atoms with Crippen molar-refractivity contribution in [1.29, 1.82) is 0 Å². The molecule has 1 aliphatic rings. The van der Waals surface area contributed by atoms with Gasteiger partial charge in [0.1, 0.15) is 18.1 Å². The fourth-order valence-corrected chi connectivity index (χ4v) is 5.86. The standard InChI is InChI=1S/C30H30N6O3S/c1-18(28(37)33-22-10-7-19(8-11-22)25-17-40-30(31)35-25)32-29(38)20-9-12-26-24(15-20)34-27(21-13-14-39-16-21)36(26)23-5-3-2-4-6-23/h7-18,23H,2-6H2,1H3,(H2,31,35)(H,32,38)(H,33,37)/t18-/m1/s1. The maximum Gasteiger partial charge on any atom is 0.251 e. The van der Waals surface area contributed by atoms with Crippen molar-refractivity contribution in [2.75, 3.05) is 11.1 Å². The highest BCUT2D eigenvalue weighted by Crippen LogP contribution is 2.36. The average Bonchev–Trinajstić information content (AvgIpc) is 3.73. The van der Waals surface area contributed by atoms with Crippen LogP contribution in [-0.4, -0.2) is 32.4 Å². The number of hydrogen-bond donors (Lipinski definition) is 3. The molecule has 1 aliphatic carbocycles. The molecular weight excluding hydrogens is 524 g/mol. The van der Waals surface area contributed by atoms with Crippen LogP contribution in [0.5, 0.6) is 0 Å². The van der Waals surface area contributed by atoms with Gasteiger partial charge in [0, 0.05) is 28.2 Å². The number of nitrogens with zero attached hydrogens (tertiary/aromatic N) is 3. The van der Waals surface area contributed by atoms with Gasteiger partial charge in [-0.1, -0.05) is 31.4 Å². The van der Waals surface area contributed by atoms with E-state index >= 15 is 0 Å². The third kappa shape index (κ3) is 5.22. The highest BCUT2D eigenvalue weighted by atomic mass is 32.1. The molecule has 2 amide bonds. The number of fused-ring (bicyclic) bond motifs is 1. The van der Waals surface area contributed by atoms with E-state index in [9.17, 15) is 9.59 Å². The second kappa shape index (κ2) is 11.0. The fourth-order valence-electron chi connectivity index (χ4n) is 5.28. The lowest BCUT2D eigenvalue weighted by molar-refractivity contribution is -0.117. The molecule has 0 aliphatic heterocycles. The van der Waals surface area contributed by atoms with E-state index in [1.54, 1.807) is 43.7 Å². The summed E-state index contributed by atoms with van der Waals surface area (Å²) in [5, 5.41) is 8.06. The predicted octanol–water partition coefficient (Wildman–Crippen LogP) is 6.26. The first-order valence-electron chi connectivity index (χ1n) is 13.4. The Bertz CT molecular complexity index is 1650. The zero-order valence-corrected chi connectivity index (χ0v) is 22.9. The number of nitrogens with two attached hydrogens (primary N) is 1. The van der Waals surface area contributed by atoms with E-state index in [0.29, 0.717) is 22.4 Å². The number of amides is 2. The van der Waals surface area contributed by atoms with Crippen molar-refractivity contribution < 1.29 is 14.0 Å². The zero-order chi connectivity index (χ0) is 27.6. The van der Waals surface area contributed by atoms with Crippen LogP contribution in [-0.2, 0) is 4.79 Å². The van der Waals surface area contributed by atoms with Crippen molar-refractivity contribution in [2.45, 2.75) is 51.1 Å². The van der Waals surface area contributed by atoms with Crippen LogP contribution in [0.15, 0.2) is 70.9 Å². The maximum absolute atomic E-state index is 13.1. The summed E-state index contributed by atoms with van der Waals surface area (Å²) in [7, 11) is 0. The quantitative estimate of drug-likeness (QED) is 0.218. The molecular formula is C30H30N6O3S. The second-order valence-electron chi connectivity index (χ2n) is 10.1. The van der Waals surface area contributed by atoms with Gasteiger partial charge in [0.2, 0.25) is 5.91 Å². The molecule has 5 aromatic rings. The highest BCUT2D eigenvalue weighted by Gasteiger charge is 2.24. The van der Waals surface area contributed by atoms with Crippen LogP contribution in [0, 0.1) is 0 Å². The van der Waals surface area contributed by atoms with Crippen molar-refractivity contribution in [3.63, 3.8) is 0 Å². The molecule has 3 heterocycles. The predicted molar refractivity (Wildman–Crippen MR) is 157 cm³/mol. The molecule has 9 nitrogen and oxygen atoms in total. The van der Waals surface area contributed by atoms with Crippen LogP contribution < -0.4 is 16.4 Å². The Balaban J connectivity index is 1.16. The number of rotatable bonds is 7. The lowest BCUT2D eigenvalue weighted by Crippen LogP contribution is -2.41. The molecule has 6 rings (SSSR count). The minimum absolute atomic E-state index is 0.316. The van der Waals surface area contributed by atoms with Gasteiger partial charge in [0.25, 0.3) is 5.91 Å². The van der Waals surface area contributed by atoms with Crippen LogP contribution in [0.3, 0.4) is 0 Å². The molecule has 0 spiro atoms. The summed E-state index contributed by atoms with van der Waals surface area (Å²) in [6.45, 7) is 1.66. The van der Waals surface area contributed by atoms with Crippen molar-refractivity contribution in [3.8, 4) is 22.6 Å². The van der Waals surface area contributed by atoms with Gasteiger partial charge < -0.3 is 25.4 Å². The number of carbonyl (C=O) groups excluding carboxylic acids is 2. The molecule has 0 bridgehead atoms. The number of anilines is 2. The Morgan fingerprint density at radius 1 is 1.05 bits per heavy atom. The van der Waals surface area contributed by atoms with Gasteiger partial charge in [0.15, 0.2) is 5.13 Å². The Kier molecular flexibility index (Phi) is 7.08. The molecule has 204 valence electrons. The van der Waals surface area contributed by atoms with Gasteiger partial charge in [0.05, 0.1) is 28.6 Å². The van der Waals surface area contributed by atoms with Crippen LogP contribution in [0.1, 0.15) is 55.4 Å². The van der Waals surface area contributed by atoms with Crippen LogP contribution in [0.25, 0.3) is 33.7 Å². The topological polar surface area (TPSA) is 128 Å². The van der Waals surface area contributed by atoms with Crippen LogP contribution in [0.4, 0.5) is 10.8 Å². The molecule has 3 aromatic heterocycles. The number of furan rings is 1. The maximum atomic E-state index is 13.1. The van der Waals surface area contributed by atoms with E-state index in [0.717, 1.165) is 46.5 Å². The summed E-state index contributed by atoms with van der Waals surface area (Å²) in [6, 6.07) is 14.4. The van der Waals surface area contributed by atoms with E-state index in [1.807, 2.05) is 29.6 Å². The Morgan fingerprint density at radius 3 is 2.55 bits per heavy atom. The van der Waals surface area contributed by atoms with Gasteiger partial charge >= 0.3 is 0 Å². The lowest BCUT2D eigenvalue weighted by atomic mass is 9.95. The third-order valence-corrected chi connectivity index (χ3v) is 8.06. The summed E-state index contributed by atoms with van der Waals surface area (Å²) in [5.74, 6) is 0.201. The van der Waals surface area contributed by atoms with Gasteiger partial charge in [-0.15, -0.1) is 11.3 Å². The third-order valence-electron chi connectivity index (χ3n) is 7.38. The van der Waals surface area contributed by atoms with Gasteiger partial charge in [-0.2, -0.15) is 0 Å². The summed E-state index contributed by atoms with van der Waals surface area (Å²) in [6.07, 6.45) is 9.21. The SMILES string of the molecule is C[C@@H](NC(=O)c1ccc2c(c1)nc(-c1ccoc1)n2C1CCCCC1)C(=O)Nc1ccc(-c2csc(N)n2)cc1. The molecule has 0 saturated heterocycles. The minimum Gasteiger partial charge on any atom is -0.472 e. The molecule has 2 aromatic carbocycles. The normalized spacial score (nSPS) is 14.7. The number of hydrogen-bond acceptors (Lipinski definition) is 7. The van der Waals surface area contributed by atoms with Crippen LogP contribution >= 0.6 is 11.3 Å². The first-order chi connectivity index (χ1) is 19.5. The first-order valence-corrected chi connectivity index (χ1v) is 14.3. The molecule has 10 heteroatoms. The van der Waals surface area contributed by atoms with E-state index < -0.39 is 6.04 Å². The number of nitrogens with one attached hydrogen (secondary N) is 2. The number of benzene rings is 2. The monoisotopic (exact) mass is 554 g/mol. The van der Waals surface area contributed by atoms with Crippen molar-refractivity contribution in [2.24, 2.45) is 0 Å². The molecule has 4 N–H and O–H groups in total. The summed E-state index contributed by atoms with van der Waals surface area (Å²) < 4.78 is 7.64. The molecule has 0 radical (unpaired) electrons. The molecule has 1 saturated carbocycles. The van der Waals surface area contributed by atoms with Gasteiger partial charge in [-0.05, 0) is 56.2 Å². The lowest BCUT2D eigenvalue weighted by Gasteiger charge is -2.25. The number of carbonyl (C=O) groups is 2. The summed E-state index contributed by atoms with van der Waals surface area (Å²) in [5.41, 5.74) is 11.1. The number of thiazole rings is 1. The van der Waals surface area contributed by atoms with E-state index in [1.165, 1.54) is 30.6 Å². The minimum atomic E-state index is -0.748. The van der Waals surface area contributed by atoms with Gasteiger partial charge in [-0.3, -0.25) is 9.59 Å². The van der Waals surface area contributed by atoms with Crippen molar-refractivity contribution in [1.82, 2.24) is 19.9 Å². The van der Waals surface area contributed by atoms with E-state index in [4.69, 9.17) is 15.1 Å². The van der Waals surface area contributed by atoms with E-state index in [2.05, 4.69) is 20.2 Å². The van der Waals surface area contributed by atoms with E-state index in [-0.39, 0.29) is 11.8 Å². The number of aromatic nitrogens is 3. The van der Waals surface area contributed by atoms with Crippen LogP contribution in [0.2, 0.25) is 0 Å². The smallest absolute Gasteiger partial charge is 0.251 e. The number of nitrogen functional groups attached to an aromatic ring is 1. The molecule has 1 fully saturated rings. The molecule has 0 unspecified atom stereocenters.